The smallest absolute Gasteiger partial charge is 0.234 e. The van der Waals surface area contributed by atoms with Crippen molar-refractivity contribution in [2.45, 2.75) is 44.6 Å². The molecule has 0 radical (unpaired) electrons. The molecular weight excluding hydrogens is 264 g/mol. The van der Waals surface area contributed by atoms with E-state index in [1.54, 1.807) is 7.11 Å². The van der Waals surface area contributed by atoms with Gasteiger partial charge < -0.3 is 15.4 Å². The molecule has 2 rings (SSSR count). The van der Waals surface area contributed by atoms with Gasteiger partial charge in [-0.15, -0.1) is 12.4 Å². The van der Waals surface area contributed by atoms with Crippen LogP contribution in [0.15, 0.2) is 0 Å². The lowest BCUT2D eigenvalue weighted by Crippen LogP contribution is -2.37. The molecule has 0 saturated heterocycles. The first-order valence-electron chi connectivity index (χ1n) is 7.30. The van der Waals surface area contributed by atoms with Crippen molar-refractivity contribution < 1.29 is 9.53 Å². The minimum Gasteiger partial charge on any atom is -0.383 e. The molecule has 2 aliphatic carbocycles. The van der Waals surface area contributed by atoms with Crippen LogP contribution < -0.4 is 10.6 Å². The van der Waals surface area contributed by atoms with Crippen LogP contribution in [0.4, 0.5) is 0 Å². The van der Waals surface area contributed by atoms with Gasteiger partial charge in [-0.2, -0.15) is 0 Å². The van der Waals surface area contributed by atoms with E-state index in [4.69, 9.17) is 4.74 Å². The highest BCUT2D eigenvalue weighted by molar-refractivity contribution is 5.85. The molecule has 2 atom stereocenters. The number of rotatable bonds is 7. The second-order valence-electron chi connectivity index (χ2n) is 5.64. The summed E-state index contributed by atoms with van der Waals surface area (Å²) in [6.45, 7) is 1.80. The lowest BCUT2D eigenvalue weighted by molar-refractivity contribution is -0.120. The minimum atomic E-state index is 0. The first-order chi connectivity index (χ1) is 8.81. The number of carbonyl (C=O) groups is 1. The van der Waals surface area contributed by atoms with E-state index in [0.29, 0.717) is 19.2 Å². The summed E-state index contributed by atoms with van der Waals surface area (Å²) >= 11 is 0. The number of nitrogens with one attached hydrogen (secondary N) is 2. The van der Waals surface area contributed by atoms with Crippen LogP contribution in [0, 0.1) is 11.8 Å². The maximum atomic E-state index is 11.7. The van der Waals surface area contributed by atoms with Crippen molar-refractivity contribution in [1.29, 1.82) is 0 Å². The Morgan fingerprint density at radius 2 is 2.00 bits per heavy atom. The van der Waals surface area contributed by atoms with Gasteiger partial charge in [-0.3, -0.25) is 4.79 Å². The van der Waals surface area contributed by atoms with E-state index in [9.17, 15) is 4.79 Å². The average Bonchev–Trinajstić information content (AvgIpc) is 3.15. The van der Waals surface area contributed by atoms with Gasteiger partial charge in [0.15, 0.2) is 0 Å². The van der Waals surface area contributed by atoms with Crippen LogP contribution in [0.2, 0.25) is 0 Å². The Morgan fingerprint density at radius 3 is 2.68 bits per heavy atom. The number of methoxy groups -OCH3 is 1. The molecular formula is C14H27ClN2O2. The molecule has 1 amide bonds. The molecule has 112 valence electrons. The van der Waals surface area contributed by atoms with Crippen LogP contribution in [-0.4, -0.2) is 38.8 Å². The van der Waals surface area contributed by atoms with Gasteiger partial charge in [-0.25, -0.2) is 0 Å². The largest absolute Gasteiger partial charge is 0.383 e. The fraction of sp³-hybridized carbons (Fsp3) is 0.929. The van der Waals surface area contributed by atoms with Crippen molar-refractivity contribution in [3.63, 3.8) is 0 Å². The third-order valence-electron chi connectivity index (χ3n) is 4.21. The molecule has 2 fully saturated rings. The summed E-state index contributed by atoms with van der Waals surface area (Å²) in [6, 6.07) is 0.463. The van der Waals surface area contributed by atoms with Crippen molar-refractivity contribution >= 4 is 18.3 Å². The monoisotopic (exact) mass is 290 g/mol. The Bertz CT molecular complexity index is 270. The third kappa shape index (κ3) is 5.67. The van der Waals surface area contributed by atoms with Gasteiger partial charge in [-0.1, -0.05) is 32.1 Å². The van der Waals surface area contributed by atoms with Crippen molar-refractivity contribution in [1.82, 2.24) is 10.6 Å². The van der Waals surface area contributed by atoms with Gasteiger partial charge in [0, 0.05) is 19.7 Å². The van der Waals surface area contributed by atoms with Gasteiger partial charge in [0.1, 0.15) is 0 Å². The minimum absolute atomic E-state index is 0. The van der Waals surface area contributed by atoms with E-state index in [2.05, 4.69) is 10.6 Å². The Kier molecular flexibility index (Phi) is 7.73. The number of carbonyl (C=O) groups excluding carboxylic acids is 1. The third-order valence-corrected chi connectivity index (χ3v) is 4.21. The number of hydrogen-bond acceptors (Lipinski definition) is 3. The van der Waals surface area contributed by atoms with Crippen LogP contribution in [0.1, 0.15) is 38.5 Å². The van der Waals surface area contributed by atoms with Crippen LogP contribution in [0.5, 0.6) is 0 Å². The lowest BCUT2D eigenvalue weighted by atomic mass is 9.85. The van der Waals surface area contributed by atoms with Gasteiger partial charge in [0.2, 0.25) is 5.91 Å². The highest BCUT2D eigenvalue weighted by Crippen LogP contribution is 2.44. The Hall–Kier alpha value is -0.320. The quantitative estimate of drug-likeness (QED) is 0.702. The topological polar surface area (TPSA) is 50.4 Å². The summed E-state index contributed by atoms with van der Waals surface area (Å²) in [7, 11) is 1.67. The van der Waals surface area contributed by atoms with E-state index in [-0.39, 0.29) is 18.3 Å². The fourth-order valence-electron chi connectivity index (χ4n) is 3.10. The normalized spacial score (nSPS) is 26.6. The summed E-state index contributed by atoms with van der Waals surface area (Å²) in [4.78, 5) is 11.7. The van der Waals surface area contributed by atoms with Crippen molar-refractivity contribution in [3.8, 4) is 0 Å². The SMILES string of the molecule is COCCNCC(=O)NC1CC1C1CCCCC1.Cl. The predicted molar refractivity (Wildman–Crippen MR) is 78.6 cm³/mol. The Labute approximate surface area is 122 Å². The first kappa shape index (κ1) is 16.7. The van der Waals surface area contributed by atoms with Gasteiger partial charge >= 0.3 is 0 Å². The average molecular weight is 291 g/mol. The van der Waals surface area contributed by atoms with Gasteiger partial charge in [-0.05, 0) is 18.3 Å². The standard InChI is InChI=1S/C14H26N2O2.ClH/c1-18-8-7-15-10-14(17)16-13-9-12(13)11-5-3-2-4-6-11;/h11-13,15H,2-10H2,1H3,(H,16,17);1H. The maximum absolute atomic E-state index is 11.7. The van der Waals surface area contributed by atoms with Crippen LogP contribution in [0.3, 0.4) is 0 Å². The molecule has 2 aliphatic rings. The van der Waals surface area contributed by atoms with E-state index in [1.165, 1.54) is 38.5 Å². The Balaban J connectivity index is 0.00000180. The van der Waals surface area contributed by atoms with Gasteiger partial charge in [0.05, 0.1) is 13.2 Å². The lowest BCUT2D eigenvalue weighted by Gasteiger charge is -2.21. The molecule has 0 aromatic heterocycles. The Morgan fingerprint density at radius 1 is 1.26 bits per heavy atom. The number of amides is 1. The molecule has 0 spiro atoms. The van der Waals surface area contributed by atoms with Crippen LogP contribution in [0.25, 0.3) is 0 Å². The molecule has 0 aliphatic heterocycles. The van der Waals surface area contributed by atoms with Crippen molar-refractivity contribution in [2.75, 3.05) is 26.8 Å². The number of halogens is 1. The summed E-state index contributed by atoms with van der Waals surface area (Å²) in [6.07, 6.45) is 8.14. The molecule has 0 aromatic rings. The van der Waals surface area contributed by atoms with E-state index in [1.807, 2.05) is 0 Å². The molecule has 19 heavy (non-hydrogen) atoms. The number of ether oxygens (including phenoxy) is 1. The van der Waals surface area contributed by atoms with E-state index < -0.39 is 0 Å². The number of hydrogen-bond donors (Lipinski definition) is 2. The van der Waals surface area contributed by atoms with E-state index in [0.717, 1.165) is 18.4 Å². The highest BCUT2D eigenvalue weighted by atomic mass is 35.5. The maximum Gasteiger partial charge on any atom is 0.234 e. The summed E-state index contributed by atoms with van der Waals surface area (Å²) < 4.78 is 4.92. The summed E-state index contributed by atoms with van der Waals surface area (Å²) in [5.41, 5.74) is 0. The zero-order valence-corrected chi connectivity index (χ0v) is 12.6. The van der Waals surface area contributed by atoms with Crippen molar-refractivity contribution in [2.24, 2.45) is 11.8 Å². The van der Waals surface area contributed by atoms with Crippen LogP contribution in [-0.2, 0) is 9.53 Å². The van der Waals surface area contributed by atoms with E-state index >= 15 is 0 Å². The fourth-order valence-corrected chi connectivity index (χ4v) is 3.10. The molecule has 2 saturated carbocycles. The summed E-state index contributed by atoms with van der Waals surface area (Å²) in [5.74, 6) is 1.79. The van der Waals surface area contributed by atoms with Gasteiger partial charge in [0.25, 0.3) is 0 Å². The van der Waals surface area contributed by atoms with Crippen LogP contribution >= 0.6 is 12.4 Å². The van der Waals surface area contributed by atoms with Crippen molar-refractivity contribution in [3.05, 3.63) is 0 Å². The molecule has 0 aromatic carbocycles. The zero-order valence-electron chi connectivity index (χ0n) is 11.8. The molecule has 5 heteroatoms. The zero-order chi connectivity index (χ0) is 12.8. The molecule has 4 nitrogen and oxygen atoms in total. The molecule has 0 bridgehead atoms. The second-order valence-corrected chi connectivity index (χ2v) is 5.64. The predicted octanol–water partition coefficient (Wildman–Crippen LogP) is 1.73. The highest BCUT2D eigenvalue weighted by Gasteiger charge is 2.43. The molecule has 2 N–H and O–H groups in total. The first-order valence-corrected chi connectivity index (χ1v) is 7.30. The molecule has 0 heterocycles. The molecule has 2 unspecified atom stereocenters. The second kappa shape index (κ2) is 8.77. The summed E-state index contributed by atoms with van der Waals surface area (Å²) in [5, 5.41) is 6.21.